The summed E-state index contributed by atoms with van der Waals surface area (Å²) in [5.74, 6) is 0. The summed E-state index contributed by atoms with van der Waals surface area (Å²) in [6.45, 7) is 13.8. The van der Waals surface area contributed by atoms with Gasteiger partial charge >= 0.3 is 0 Å². The molecule has 0 atom stereocenters. The summed E-state index contributed by atoms with van der Waals surface area (Å²) in [6, 6.07) is 8.89. The Morgan fingerprint density at radius 2 is 1.60 bits per heavy atom. The highest BCUT2D eigenvalue weighted by Gasteiger charge is 2.26. The summed E-state index contributed by atoms with van der Waals surface area (Å²) >= 11 is 0. The minimum atomic E-state index is 0.268. The van der Waals surface area contributed by atoms with Crippen molar-refractivity contribution in [3.8, 4) is 0 Å². The maximum absolute atomic E-state index is 2.34. The zero-order valence-corrected chi connectivity index (χ0v) is 11.0. The van der Waals surface area contributed by atoms with Crippen molar-refractivity contribution < 1.29 is 0 Å². The Labute approximate surface area is 94.7 Å². The lowest BCUT2D eigenvalue weighted by molar-refractivity contribution is 0.284. The molecule has 0 saturated heterocycles. The van der Waals surface area contributed by atoms with Crippen LogP contribution in [0, 0.1) is 12.3 Å². The quantitative estimate of drug-likeness (QED) is 0.654. The first-order valence-corrected chi connectivity index (χ1v) is 5.78. The Kier molecular flexibility index (Phi) is 3.28. The highest BCUT2D eigenvalue weighted by molar-refractivity contribution is 5.28. The average molecular weight is 204 g/mol. The lowest BCUT2D eigenvalue weighted by Crippen LogP contribution is -2.24. The molecule has 0 unspecified atom stereocenters. The average Bonchev–Trinajstić information content (AvgIpc) is 1.99. The molecule has 84 valence electrons. The van der Waals surface area contributed by atoms with Gasteiger partial charge in [0.25, 0.3) is 0 Å². The fourth-order valence-corrected chi connectivity index (χ4v) is 2.49. The number of benzene rings is 1. The van der Waals surface area contributed by atoms with Gasteiger partial charge in [0.05, 0.1) is 0 Å². The van der Waals surface area contributed by atoms with Crippen molar-refractivity contribution >= 4 is 0 Å². The Hall–Kier alpha value is -0.780. The minimum Gasteiger partial charge on any atom is -0.0617 e. The van der Waals surface area contributed by atoms with Crippen molar-refractivity contribution in [3.05, 3.63) is 35.4 Å². The SMILES string of the molecule is Cc1cccc(C(C)(C)CC(C)(C)C)c1. The summed E-state index contributed by atoms with van der Waals surface area (Å²) in [5, 5.41) is 0. The predicted octanol–water partition coefficient (Wildman–Crippen LogP) is 4.71. The molecule has 0 bridgehead atoms. The lowest BCUT2D eigenvalue weighted by atomic mass is 9.72. The molecule has 0 aliphatic rings. The smallest absolute Gasteiger partial charge is 0.00985 e. The Morgan fingerprint density at radius 1 is 1.00 bits per heavy atom. The van der Waals surface area contributed by atoms with E-state index in [9.17, 15) is 0 Å². The molecule has 1 aromatic carbocycles. The highest BCUT2D eigenvalue weighted by atomic mass is 14.3. The highest BCUT2D eigenvalue weighted by Crippen LogP contribution is 2.36. The Bertz CT molecular complexity index is 326. The van der Waals surface area contributed by atoms with Gasteiger partial charge in [-0.1, -0.05) is 64.4 Å². The molecule has 0 aromatic heterocycles. The van der Waals surface area contributed by atoms with Crippen LogP contribution in [0.15, 0.2) is 24.3 Å². The molecule has 0 radical (unpaired) electrons. The zero-order chi connectivity index (χ0) is 11.7. The summed E-state index contributed by atoms with van der Waals surface area (Å²) in [7, 11) is 0. The van der Waals surface area contributed by atoms with Crippen LogP contribution < -0.4 is 0 Å². The topological polar surface area (TPSA) is 0 Å². The summed E-state index contributed by atoms with van der Waals surface area (Å²) in [4.78, 5) is 0. The first-order valence-electron chi connectivity index (χ1n) is 5.78. The van der Waals surface area contributed by atoms with Gasteiger partial charge in [-0.05, 0) is 29.7 Å². The first-order chi connectivity index (χ1) is 6.71. The number of aryl methyl sites for hydroxylation is 1. The van der Waals surface area contributed by atoms with Crippen LogP contribution in [0.1, 0.15) is 52.2 Å². The van der Waals surface area contributed by atoms with E-state index in [1.54, 1.807) is 0 Å². The second-order valence-corrected chi connectivity index (χ2v) is 6.49. The van der Waals surface area contributed by atoms with Crippen LogP contribution in [0.5, 0.6) is 0 Å². The molecule has 0 nitrogen and oxygen atoms in total. The molecule has 0 aliphatic carbocycles. The van der Waals surface area contributed by atoms with Gasteiger partial charge in [0.1, 0.15) is 0 Å². The molecule has 0 heteroatoms. The van der Waals surface area contributed by atoms with E-state index < -0.39 is 0 Å². The van der Waals surface area contributed by atoms with Gasteiger partial charge in [-0.2, -0.15) is 0 Å². The van der Waals surface area contributed by atoms with Crippen molar-refractivity contribution in [2.45, 2.75) is 53.4 Å². The number of hydrogen-bond acceptors (Lipinski definition) is 0. The maximum Gasteiger partial charge on any atom is -0.00985 e. The first kappa shape index (κ1) is 12.3. The van der Waals surface area contributed by atoms with Gasteiger partial charge in [0.15, 0.2) is 0 Å². The van der Waals surface area contributed by atoms with Crippen LogP contribution in [0.3, 0.4) is 0 Å². The molecule has 15 heavy (non-hydrogen) atoms. The van der Waals surface area contributed by atoms with Gasteiger partial charge in [-0.15, -0.1) is 0 Å². The van der Waals surface area contributed by atoms with E-state index >= 15 is 0 Å². The van der Waals surface area contributed by atoms with Crippen LogP contribution in [-0.2, 0) is 5.41 Å². The van der Waals surface area contributed by atoms with Crippen LogP contribution in [0.2, 0.25) is 0 Å². The summed E-state index contributed by atoms with van der Waals surface area (Å²) < 4.78 is 0. The third kappa shape index (κ3) is 3.70. The fourth-order valence-electron chi connectivity index (χ4n) is 2.49. The Morgan fingerprint density at radius 3 is 2.07 bits per heavy atom. The van der Waals surface area contributed by atoms with Crippen molar-refractivity contribution in [3.63, 3.8) is 0 Å². The van der Waals surface area contributed by atoms with E-state index in [-0.39, 0.29) is 5.41 Å². The van der Waals surface area contributed by atoms with E-state index in [4.69, 9.17) is 0 Å². The molecule has 0 fully saturated rings. The van der Waals surface area contributed by atoms with Crippen molar-refractivity contribution in [2.24, 2.45) is 5.41 Å². The molecule has 1 rings (SSSR count). The van der Waals surface area contributed by atoms with E-state index in [1.165, 1.54) is 17.5 Å². The van der Waals surface area contributed by atoms with Crippen molar-refractivity contribution in [1.82, 2.24) is 0 Å². The number of hydrogen-bond donors (Lipinski definition) is 0. The summed E-state index contributed by atoms with van der Waals surface area (Å²) in [5.41, 5.74) is 3.46. The van der Waals surface area contributed by atoms with E-state index in [2.05, 4.69) is 65.8 Å². The van der Waals surface area contributed by atoms with Gasteiger partial charge < -0.3 is 0 Å². The minimum absolute atomic E-state index is 0.268. The third-order valence-electron chi connectivity index (χ3n) is 2.77. The van der Waals surface area contributed by atoms with Crippen LogP contribution in [0.25, 0.3) is 0 Å². The fraction of sp³-hybridized carbons (Fsp3) is 0.600. The molecule has 0 N–H and O–H groups in total. The Balaban J connectivity index is 2.95. The zero-order valence-electron chi connectivity index (χ0n) is 11.0. The normalized spacial score (nSPS) is 12.9. The van der Waals surface area contributed by atoms with Crippen molar-refractivity contribution in [1.29, 1.82) is 0 Å². The van der Waals surface area contributed by atoms with Crippen LogP contribution in [-0.4, -0.2) is 0 Å². The van der Waals surface area contributed by atoms with Gasteiger partial charge in [-0.3, -0.25) is 0 Å². The van der Waals surface area contributed by atoms with Crippen molar-refractivity contribution in [2.75, 3.05) is 0 Å². The second-order valence-electron chi connectivity index (χ2n) is 6.49. The molecular formula is C15H24. The number of rotatable bonds is 2. The van der Waals surface area contributed by atoms with Crippen LogP contribution >= 0.6 is 0 Å². The molecule has 0 aliphatic heterocycles. The molecule has 0 spiro atoms. The van der Waals surface area contributed by atoms with Gasteiger partial charge in [0.2, 0.25) is 0 Å². The standard InChI is InChI=1S/C15H24/c1-12-8-7-9-13(10-12)15(5,6)11-14(2,3)4/h7-10H,11H2,1-6H3. The summed E-state index contributed by atoms with van der Waals surface area (Å²) in [6.07, 6.45) is 1.21. The predicted molar refractivity (Wildman–Crippen MR) is 68.3 cm³/mol. The third-order valence-corrected chi connectivity index (χ3v) is 2.77. The maximum atomic E-state index is 2.34. The largest absolute Gasteiger partial charge is 0.0617 e. The lowest BCUT2D eigenvalue weighted by Gasteiger charge is -2.33. The van der Waals surface area contributed by atoms with Gasteiger partial charge in [-0.25, -0.2) is 0 Å². The molecule has 0 heterocycles. The van der Waals surface area contributed by atoms with E-state index in [0.29, 0.717) is 5.41 Å². The van der Waals surface area contributed by atoms with Gasteiger partial charge in [0, 0.05) is 0 Å². The second kappa shape index (κ2) is 4.00. The molecule has 0 amide bonds. The van der Waals surface area contributed by atoms with E-state index in [1.807, 2.05) is 0 Å². The van der Waals surface area contributed by atoms with Crippen LogP contribution in [0.4, 0.5) is 0 Å². The molecule has 1 aromatic rings. The molecule has 0 saturated carbocycles. The molecular weight excluding hydrogens is 180 g/mol. The monoisotopic (exact) mass is 204 g/mol. The van der Waals surface area contributed by atoms with E-state index in [0.717, 1.165) is 0 Å².